The fourth-order valence-corrected chi connectivity index (χ4v) is 3.98. The smallest absolute Gasteiger partial charge is 0.125 e. The number of anilines is 1. The predicted octanol–water partition coefficient (Wildman–Crippen LogP) is 2.95. The van der Waals surface area contributed by atoms with E-state index in [9.17, 15) is 0 Å². The molecule has 0 N–H and O–H groups in total. The first-order valence-electron chi connectivity index (χ1n) is 10.6. The Bertz CT molecular complexity index is 874. The minimum atomic E-state index is 0.105. The second-order valence-electron chi connectivity index (χ2n) is 7.59. The zero-order valence-corrected chi connectivity index (χ0v) is 16.8. The van der Waals surface area contributed by atoms with Gasteiger partial charge in [0, 0.05) is 29.8 Å². The summed E-state index contributed by atoms with van der Waals surface area (Å²) in [6.07, 6.45) is 12.1. The molecule has 1 atom stereocenters. The fourth-order valence-electron chi connectivity index (χ4n) is 3.98. The van der Waals surface area contributed by atoms with Crippen molar-refractivity contribution in [3.05, 3.63) is 53.3 Å². The Labute approximate surface area is 167 Å². The molecule has 1 saturated heterocycles. The van der Waals surface area contributed by atoms with Gasteiger partial charge in [-0.05, 0) is 69.1 Å². The first-order chi connectivity index (χ1) is 13.8. The number of nitrogens with zero attached hydrogens (tertiary/aromatic N) is 4. The van der Waals surface area contributed by atoms with E-state index < -0.39 is 0 Å². The Balaban J connectivity index is 1.35. The van der Waals surface area contributed by atoms with Crippen LogP contribution in [0.2, 0.25) is 0 Å². The molecule has 2 aliphatic rings. The summed E-state index contributed by atoms with van der Waals surface area (Å²) >= 11 is 0. The first kappa shape index (κ1) is 18.9. The quantitative estimate of drug-likeness (QED) is 0.695. The fraction of sp³-hybridized carbons (Fsp3) is 0.478. The lowest BCUT2D eigenvalue weighted by molar-refractivity contribution is 0.205. The lowest BCUT2D eigenvalue weighted by Gasteiger charge is -2.29. The molecular weight excluding hydrogens is 348 g/mol. The van der Waals surface area contributed by atoms with E-state index in [4.69, 9.17) is 9.73 Å². The summed E-state index contributed by atoms with van der Waals surface area (Å²) in [5.74, 6) is 0.939. The van der Waals surface area contributed by atoms with Gasteiger partial charge in [0.2, 0.25) is 0 Å². The van der Waals surface area contributed by atoms with Gasteiger partial charge < -0.3 is 14.5 Å². The summed E-state index contributed by atoms with van der Waals surface area (Å²) in [4.78, 5) is 13.8. The molecule has 0 saturated carbocycles. The molecule has 4 rings (SSSR count). The van der Waals surface area contributed by atoms with E-state index in [1.165, 1.54) is 32.4 Å². The summed E-state index contributed by atoms with van der Waals surface area (Å²) in [7, 11) is 0. The van der Waals surface area contributed by atoms with Crippen molar-refractivity contribution >= 4 is 11.9 Å². The lowest BCUT2D eigenvalue weighted by Crippen LogP contribution is -2.41. The summed E-state index contributed by atoms with van der Waals surface area (Å²) < 4.78 is 5.96. The van der Waals surface area contributed by atoms with E-state index in [2.05, 4.69) is 52.2 Å². The molecule has 3 heterocycles. The van der Waals surface area contributed by atoms with Crippen molar-refractivity contribution in [2.75, 3.05) is 31.1 Å². The SMILES string of the molecule is CCC1N=c2cnccc2=CN1c1ccc(OCCCN2CCCCC2)cc1. The number of hydrogen-bond acceptors (Lipinski definition) is 5. The molecular formula is C23H30N4O. The number of rotatable bonds is 7. The molecule has 0 radical (unpaired) electrons. The average Bonchev–Trinajstić information content (AvgIpc) is 2.77. The summed E-state index contributed by atoms with van der Waals surface area (Å²) in [6, 6.07) is 10.4. The molecule has 5 nitrogen and oxygen atoms in total. The van der Waals surface area contributed by atoms with Crippen molar-refractivity contribution < 1.29 is 4.74 Å². The van der Waals surface area contributed by atoms with E-state index in [0.717, 1.165) is 48.0 Å². The lowest BCUT2D eigenvalue weighted by atomic mass is 10.1. The van der Waals surface area contributed by atoms with Crippen LogP contribution in [0.4, 0.5) is 5.69 Å². The molecule has 28 heavy (non-hydrogen) atoms. The third-order valence-electron chi connectivity index (χ3n) is 5.56. The second kappa shape index (κ2) is 9.20. The van der Waals surface area contributed by atoms with E-state index in [0.29, 0.717) is 0 Å². The van der Waals surface area contributed by atoms with Crippen molar-refractivity contribution in [3.63, 3.8) is 0 Å². The van der Waals surface area contributed by atoms with Gasteiger partial charge in [0.1, 0.15) is 11.9 Å². The van der Waals surface area contributed by atoms with Crippen LogP contribution in [-0.2, 0) is 0 Å². The number of likely N-dealkylation sites (tertiary alicyclic amines) is 1. The number of aromatic nitrogens is 1. The number of piperidine rings is 1. The topological polar surface area (TPSA) is 41.0 Å². The van der Waals surface area contributed by atoms with Gasteiger partial charge in [0.25, 0.3) is 0 Å². The van der Waals surface area contributed by atoms with Crippen LogP contribution < -0.4 is 20.2 Å². The van der Waals surface area contributed by atoms with E-state index in [1.54, 1.807) is 0 Å². The Kier molecular flexibility index (Phi) is 6.22. The van der Waals surface area contributed by atoms with Crippen molar-refractivity contribution in [3.8, 4) is 5.75 Å². The molecule has 1 fully saturated rings. The summed E-state index contributed by atoms with van der Waals surface area (Å²) in [6.45, 7) is 6.59. The maximum absolute atomic E-state index is 5.96. The molecule has 1 unspecified atom stereocenters. The highest BCUT2D eigenvalue weighted by molar-refractivity contribution is 5.61. The van der Waals surface area contributed by atoms with Gasteiger partial charge in [-0.15, -0.1) is 0 Å². The zero-order chi connectivity index (χ0) is 19.2. The number of fused-ring (bicyclic) bond motifs is 1. The minimum Gasteiger partial charge on any atom is -0.494 e. The molecule has 1 aromatic carbocycles. The molecule has 5 heteroatoms. The monoisotopic (exact) mass is 378 g/mol. The Hall–Kier alpha value is -2.40. The van der Waals surface area contributed by atoms with Crippen molar-refractivity contribution in [2.24, 2.45) is 4.99 Å². The van der Waals surface area contributed by atoms with Crippen molar-refractivity contribution in [2.45, 2.75) is 45.2 Å². The molecule has 2 aromatic rings. The van der Waals surface area contributed by atoms with Crippen LogP contribution in [0.3, 0.4) is 0 Å². The molecule has 0 aliphatic carbocycles. The van der Waals surface area contributed by atoms with Crippen molar-refractivity contribution in [1.29, 1.82) is 0 Å². The minimum absolute atomic E-state index is 0.105. The predicted molar refractivity (Wildman–Crippen MR) is 113 cm³/mol. The largest absolute Gasteiger partial charge is 0.494 e. The van der Waals surface area contributed by atoms with Crippen LogP contribution in [0.1, 0.15) is 39.0 Å². The molecule has 2 aliphatic heterocycles. The van der Waals surface area contributed by atoms with Gasteiger partial charge in [-0.2, -0.15) is 0 Å². The summed E-state index contributed by atoms with van der Waals surface area (Å²) in [5.41, 5.74) is 1.14. The van der Waals surface area contributed by atoms with Gasteiger partial charge >= 0.3 is 0 Å². The number of ether oxygens (including phenoxy) is 1. The van der Waals surface area contributed by atoms with Gasteiger partial charge in [0.05, 0.1) is 18.2 Å². The maximum atomic E-state index is 5.96. The van der Waals surface area contributed by atoms with Crippen LogP contribution in [-0.4, -0.2) is 42.3 Å². The molecule has 0 amide bonds. The van der Waals surface area contributed by atoms with Crippen LogP contribution >= 0.6 is 0 Å². The highest BCUT2D eigenvalue weighted by atomic mass is 16.5. The maximum Gasteiger partial charge on any atom is 0.125 e. The highest BCUT2D eigenvalue weighted by Gasteiger charge is 2.17. The number of benzene rings is 1. The van der Waals surface area contributed by atoms with E-state index in [-0.39, 0.29) is 6.17 Å². The van der Waals surface area contributed by atoms with Gasteiger partial charge in [-0.25, -0.2) is 0 Å². The Morgan fingerprint density at radius 3 is 2.68 bits per heavy atom. The van der Waals surface area contributed by atoms with Crippen LogP contribution in [0.15, 0.2) is 47.7 Å². The number of pyridine rings is 1. The standard InChI is InChI=1S/C23H30N4O/c1-2-23-25-22-17-24-12-11-19(22)18-27(23)20-7-9-21(10-8-20)28-16-6-15-26-13-4-3-5-14-26/h7-12,17-18,23H,2-6,13-16H2,1H3. The van der Waals surface area contributed by atoms with Crippen LogP contribution in [0, 0.1) is 0 Å². The second-order valence-corrected chi connectivity index (χ2v) is 7.59. The van der Waals surface area contributed by atoms with Gasteiger partial charge in [-0.1, -0.05) is 13.3 Å². The van der Waals surface area contributed by atoms with Crippen LogP contribution in [0.25, 0.3) is 6.20 Å². The normalized spacial score (nSPS) is 19.5. The van der Waals surface area contributed by atoms with E-state index >= 15 is 0 Å². The molecule has 0 spiro atoms. The highest BCUT2D eigenvalue weighted by Crippen LogP contribution is 2.24. The molecule has 1 aromatic heterocycles. The van der Waals surface area contributed by atoms with Crippen molar-refractivity contribution in [1.82, 2.24) is 9.88 Å². The average molecular weight is 379 g/mol. The first-order valence-corrected chi connectivity index (χ1v) is 10.6. The third-order valence-corrected chi connectivity index (χ3v) is 5.56. The van der Waals surface area contributed by atoms with Gasteiger partial charge in [-0.3, -0.25) is 9.98 Å². The zero-order valence-electron chi connectivity index (χ0n) is 16.8. The molecule has 148 valence electrons. The van der Waals surface area contributed by atoms with Gasteiger partial charge in [0.15, 0.2) is 0 Å². The third kappa shape index (κ3) is 4.53. The number of hydrogen-bond donors (Lipinski definition) is 0. The Morgan fingerprint density at radius 2 is 1.89 bits per heavy atom. The van der Waals surface area contributed by atoms with E-state index in [1.807, 2.05) is 18.5 Å². The van der Waals surface area contributed by atoms with Crippen LogP contribution in [0.5, 0.6) is 5.75 Å². The molecule has 0 bridgehead atoms. The summed E-state index contributed by atoms with van der Waals surface area (Å²) in [5, 5.41) is 2.08. The Morgan fingerprint density at radius 1 is 1.07 bits per heavy atom.